The van der Waals surface area contributed by atoms with E-state index in [9.17, 15) is 0 Å². The molecule has 0 fully saturated rings. The zero-order valence-electron chi connectivity index (χ0n) is 27.6. The summed E-state index contributed by atoms with van der Waals surface area (Å²) in [6.07, 6.45) is 0. The van der Waals surface area contributed by atoms with Crippen molar-refractivity contribution in [1.82, 2.24) is 0 Å². The SMILES string of the molecule is c1ccc(-c2cc(-c3ccc(C4c5ccccc5-c5ccccc54)cc3)cc(-c3ccc(C4c5ccccc5-c5ccccc54)cc3)c2)cc1. The van der Waals surface area contributed by atoms with Crippen molar-refractivity contribution in [1.29, 1.82) is 0 Å². The molecule has 0 saturated heterocycles. The summed E-state index contributed by atoms with van der Waals surface area (Å²) in [5.41, 5.74) is 21.0. The van der Waals surface area contributed by atoms with Crippen molar-refractivity contribution in [3.05, 3.63) is 228 Å². The van der Waals surface area contributed by atoms with E-state index in [4.69, 9.17) is 0 Å². The first-order valence-corrected chi connectivity index (χ1v) is 17.6. The molecule has 0 amide bonds. The molecule has 0 nitrogen and oxygen atoms in total. The Bertz CT molecular complexity index is 2270. The lowest BCUT2D eigenvalue weighted by molar-refractivity contribution is 1.02. The van der Waals surface area contributed by atoms with Crippen molar-refractivity contribution >= 4 is 0 Å². The Morgan fingerprint density at radius 1 is 0.220 bits per heavy atom. The van der Waals surface area contributed by atoms with Crippen LogP contribution in [0.1, 0.15) is 45.2 Å². The van der Waals surface area contributed by atoms with Crippen LogP contribution in [-0.2, 0) is 0 Å². The maximum atomic E-state index is 2.36. The molecule has 0 saturated carbocycles. The van der Waals surface area contributed by atoms with E-state index < -0.39 is 0 Å². The van der Waals surface area contributed by atoms with Crippen LogP contribution in [0.2, 0.25) is 0 Å². The fourth-order valence-electron chi connectivity index (χ4n) is 8.52. The molecule has 10 rings (SSSR count). The van der Waals surface area contributed by atoms with Crippen molar-refractivity contribution in [2.45, 2.75) is 11.8 Å². The van der Waals surface area contributed by atoms with Gasteiger partial charge in [0.2, 0.25) is 0 Å². The molecule has 8 aromatic rings. The fourth-order valence-corrected chi connectivity index (χ4v) is 8.52. The lowest BCUT2D eigenvalue weighted by Gasteiger charge is -2.17. The molecule has 0 heterocycles. The van der Waals surface area contributed by atoms with Gasteiger partial charge in [-0.05, 0) is 107 Å². The van der Waals surface area contributed by atoms with E-state index in [-0.39, 0.29) is 11.8 Å². The van der Waals surface area contributed by atoms with Gasteiger partial charge in [0.1, 0.15) is 0 Å². The highest BCUT2D eigenvalue weighted by Crippen LogP contribution is 2.49. The second kappa shape index (κ2) is 11.7. The number of hydrogen-bond acceptors (Lipinski definition) is 0. The van der Waals surface area contributed by atoms with Crippen LogP contribution in [0.25, 0.3) is 55.6 Å². The van der Waals surface area contributed by atoms with Crippen LogP contribution in [0.3, 0.4) is 0 Å². The molecule has 0 unspecified atom stereocenters. The number of fused-ring (bicyclic) bond motifs is 6. The standard InChI is InChI=1S/C50H34/c1-2-12-33(13-3-1)38-30-39(34-22-26-36(27-23-34)49-45-18-8-4-14-41(45)42-15-5-9-19-46(42)49)32-40(31-38)35-24-28-37(29-25-35)50-47-20-10-6-16-43(47)44-17-7-11-21-48(44)50/h1-32,49-50H. The molecular formula is C50H34. The molecule has 0 atom stereocenters. The van der Waals surface area contributed by atoms with Crippen LogP contribution in [0.4, 0.5) is 0 Å². The average Bonchev–Trinajstić information content (AvgIpc) is 3.71. The third kappa shape index (κ3) is 4.68. The first kappa shape index (κ1) is 28.7. The van der Waals surface area contributed by atoms with Crippen molar-refractivity contribution in [2.24, 2.45) is 0 Å². The zero-order chi connectivity index (χ0) is 33.0. The molecule has 0 N–H and O–H groups in total. The summed E-state index contributed by atoms with van der Waals surface area (Å²) in [6.45, 7) is 0. The summed E-state index contributed by atoms with van der Waals surface area (Å²) in [5, 5.41) is 0. The lowest BCUT2D eigenvalue weighted by atomic mass is 9.87. The third-order valence-electron chi connectivity index (χ3n) is 10.9. The molecule has 234 valence electrons. The Kier molecular flexibility index (Phi) is 6.74. The van der Waals surface area contributed by atoms with E-state index in [0.717, 1.165) is 0 Å². The summed E-state index contributed by atoms with van der Waals surface area (Å²) in [4.78, 5) is 0. The second-order valence-corrected chi connectivity index (χ2v) is 13.6. The predicted octanol–water partition coefficient (Wildman–Crippen LogP) is 13.0. The van der Waals surface area contributed by atoms with Gasteiger partial charge in [-0.2, -0.15) is 0 Å². The largest absolute Gasteiger partial charge is 0.0622 e. The van der Waals surface area contributed by atoms with Gasteiger partial charge in [-0.15, -0.1) is 0 Å². The summed E-state index contributed by atoms with van der Waals surface area (Å²) in [6, 6.07) is 71.9. The maximum Gasteiger partial charge on any atom is 0.0352 e. The predicted molar refractivity (Wildman–Crippen MR) is 208 cm³/mol. The third-order valence-corrected chi connectivity index (χ3v) is 10.9. The minimum absolute atomic E-state index is 0.250. The Morgan fingerprint density at radius 2 is 0.500 bits per heavy atom. The number of hydrogen-bond donors (Lipinski definition) is 0. The van der Waals surface area contributed by atoms with Crippen LogP contribution in [0.5, 0.6) is 0 Å². The Morgan fingerprint density at radius 3 is 0.840 bits per heavy atom. The van der Waals surface area contributed by atoms with Gasteiger partial charge in [-0.3, -0.25) is 0 Å². The highest BCUT2D eigenvalue weighted by Gasteiger charge is 2.30. The molecular weight excluding hydrogens is 601 g/mol. The molecule has 2 aliphatic carbocycles. The summed E-state index contributed by atoms with van der Waals surface area (Å²) < 4.78 is 0. The van der Waals surface area contributed by atoms with Crippen LogP contribution in [0, 0.1) is 0 Å². The molecule has 0 aromatic heterocycles. The first-order chi connectivity index (χ1) is 24.8. The van der Waals surface area contributed by atoms with Gasteiger partial charge in [0.05, 0.1) is 0 Å². The molecule has 50 heavy (non-hydrogen) atoms. The van der Waals surface area contributed by atoms with Gasteiger partial charge in [-0.25, -0.2) is 0 Å². The van der Waals surface area contributed by atoms with Gasteiger partial charge in [-0.1, -0.05) is 176 Å². The van der Waals surface area contributed by atoms with Crippen LogP contribution in [-0.4, -0.2) is 0 Å². The van der Waals surface area contributed by atoms with Gasteiger partial charge >= 0.3 is 0 Å². The minimum atomic E-state index is 0.250. The smallest absolute Gasteiger partial charge is 0.0352 e. The monoisotopic (exact) mass is 634 g/mol. The summed E-state index contributed by atoms with van der Waals surface area (Å²) in [5.74, 6) is 0.500. The van der Waals surface area contributed by atoms with E-state index in [1.807, 2.05) is 0 Å². The van der Waals surface area contributed by atoms with Gasteiger partial charge < -0.3 is 0 Å². The van der Waals surface area contributed by atoms with Crippen LogP contribution < -0.4 is 0 Å². The highest BCUT2D eigenvalue weighted by molar-refractivity contribution is 5.84. The Hall–Kier alpha value is -6.24. The zero-order valence-corrected chi connectivity index (χ0v) is 27.6. The van der Waals surface area contributed by atoms with Gasteiger partial charge in [0.15, 0.2) is 0 Å². The van der Waals surface area contributed by atoms with E-state index >= 15 is 0 Å². The van der Waals surface area contributed by atoms with Crippen molar-refractivity contribution in [3.8, 4) is 55.6 Å². The normalized spacial score (nSPS) is 13.0. The molecule has 0 heteroatoms. The Labute approximate surface area is 294 Å². The average molecular weight is 635 g/mol. The minimum Gasteiger partial charge on any atom is -0.0622 e. The van der Waals surface area contributed by atoms with Crippen LogP contribution in [0.15, 0.2) is 194 Å². The highest BCUT2D eigenvalue weighted by atomic mass is 14.3. The van der Waals surface area contributed by atoms with Crippen LogP contribution >= 0.6 is 0 Å². The molecule has 0 spiro atoms. The number of benzene rings is 8. The quantitative estimate of drug-likeness (QED) is 0.177. The Balaban J connectivity index is 1.03. The molecule has 0 aliphatic heterocycles. The summed E-state index contributed by atoms with van der Waals surface area (Å²) >= 11 is 0. The van der Waals surface area contributed by atoms with Crippen molar-refractivity contribution in [2.75, 3.05) is 0 Å². The topological polar surface area (TPSA) is 0 Å². The first-order valence-electron chi connectivity index (χ1n) is 17.6. The van der Waals surface area contributed by atoms with Gasteiger partial charge in [0.25, 0.3) is 0 Å². The lowest BCUT2D eigenvalue weighted by Crippen LogP contribution is -1.99. The maximum absolute atomic E-state index is 2.36. The van der Waals surface area contributed by atoms with Crippen molar-refractivity contribution in [3.63, 3.8) is 0 Å². The molecule has 8 aromatic carbocycles. The van der Waals surface area contributed by atoms with E-state index in [2.05, 4.69) is 194 Å². The van der Waals surface area contributed by atoms with E-state index in [1.165, 1.54) is 89.0 Å². The molecule has 0 bridgehead atoms. The van der Waals surface area contributed by atoms with E-state index in [0.29, 0.717) is 0 Å². The van der Waals surface area contributed by atoms with E-state index in [1.54, 1.807) is 0 Å². The molecule has 0 radical (unpaired) electrons. The fraction of sp³-hybridized carbons (Fsp3) is 0.0400. The second-order valence-electron chi connectivity index (χ2n) is 13.6. The number of rotatable bonds is 5. The summed E-state index contributed by atoms with van der Waals surface area (Å²) in [7, 11) is 0. The van der Waals surface area contributed by atoms with Gasteiger partial charge in [0, 0.05) is 11.8 Å². The molecule has 2 aliphatic rings. The van der Waals surface area contributed by atoms with Crippen molar-refractivity contribution < 1.29 is 0 Å².